The van der Waals surface area contributed by atoms with Gasteiger partial charge in [-0.15, -0.1) is 0 Å². The van der Waals surface area contributed by atoms with Gasteiger partial charge in [0.2, 0.25) is 12.4 Å². The van der Waals surface area contributed by atoms with Gasteiger partial charge in [-0.05, 0) is 23.8 Å². The van der Waals surface area contributed by atoms with Crippen molar-refractivity contribution in [3.63, 3.8) is 0 Å². The molecular formula is C17H21N5O2. The summed E-state index contributed by atoms with van der Waals surface area (Å²) in [6, 6.07) is 9.78. The van der Waals surface area contributed by atoms with Gasteiger partial charge in [-0.3, -0.25) is 4.79 Å². The van der Waals surface area contributed by atoms with Gasteiger partial charge in [-0.1, -0.05) is 12.1 Å². The topological polar surface area (TPSA) is 70.6 Å². The molecule has 1 aliphatic rings. The molecule has 0 radical (unpaired) electrons. The average molecular weight is 327 g/mol. The predicted molar refractivity (Wildman–Crippen MR) is 92.2 cm³/mol. The van der Waals surface area contributed by atoms with Crippen molar-refractivity contribution in [2.24, 2.45) is 0 Å². The molecule has 1 aromatic carbocycles. The molecule has 2 heterocycles. The molecule has 24 heavy (non-hydrogen) atoms. The van der Waals surface area contributed by atoms with Crippen LogP contribution in [0.4, 0.5) is 11.8 Å². The molecule has 1 fully saturated rings. The molecular weight excluding hydrogens is 306 g/mol. The summed E-state index contributed by atoms with van der Waals surface area (Å²) in [5.74, 6) is 2.32. The van der Waals surface area contributed by atoms with Crippen LogP contribution < -0.4 is 15.0 Å². The third-order valence-electron chi connectivity index (χ3n) is 4.04. The van der Waals surface area contributed by atoms with Gasteiger partial charge in [-0.25, -0.2) is 4.98 Å². The van der Waals surface area contributed by atoms with Crippen molar-refractivity contribution < 1.29 is 9.53 Å². The molecule has 0 spiro atoms. The Morgan fingerprint density at radius 1 is 1.17 bits per heavy atom. The number of anilines is 2. The molecule has 1 N–H and O–H groups in total. The molecule has 1 aliphatic heterocycles. The van der Waals surface area contributed by atoms with Crippen LogP contribution in [0, 0.1) is 0 Å². The molecule has 1 saturated heterocycles. The highest BCUT2D eigenvalue weighted by atomic mass is 16.5. The number of aromatic nitrogens is 2. The van der Waals surface area contributed by atoms with Gasteiger partial charge in [-0.2, -0.15) is 4.98 Å². The molecule has 0 bridgehead atoms. The Bertz CT molecular complexity index is 669. The van der Waals surface area contributed by atoms with Crippen molar-refractivity contribution in [3.8, 4) is 5.75 Å². The minimum atomic E-state index is 0.598. The summed E-state index contributed by atoms with van der Waals surface area (Å²) < 4.78 is 5.15. The smallest absolute Gasteiger partial charge is 0.224 e. The van der Waals surface area contributed by atoms with Crippen LogP contribution in [0.1, 0.15) is 5.56 Å². The van der Waals surface area contributed by atoms with E-state index in [0.29, 0.717) is 12.5 Å². The summed E-state index contributed by atoms with van der Waals surface area (Å²) in [5, 5.41) is 3.24. The molecule has 0 saturated carbocycles. The first-order chi connectivity index (χ1) is 11.8. The maximum absolute atomic E-state index is 10.8. The summed E-state index contributed by atoms with van der Waals surface area (Å²) in [6.45, 7) is 3.66. The zero-order valence-electron chi connectivity index (χ0n) is 13.7. The van der Waals surface area contributed by atoms with Gasteiger partial charge in [0.05, 0.1) is 7.11 Å². The summed E-state index contributed by atoms with van der Waals surface area (Å²) in [5.41, 5.74) is 1.13. The number of amides is 1. The number of carbonyl (C=O) groups is 1. The highest BCUT2D eigenvalue weighted by Crippen LogP contribution is 2.16. The SMILES string of the molecule is COc1ccc(CNc2nccc(N3CCN(C=O)CC3)n2)cc1. The van der Waals surface area contributed by atoms with Crippen LogP contribution in [0.15, 0.2) is 36.5 Å². The lowest BCUT2D eigenvalue weighted by molar-refractivity contribution is -0.118. The van der Waals surface area contributed by atoms with E-state index in [1.54, 1.807) is 18.2 Å². The van der Waals surface area contributed by atoms with Crippen LogP contribution in [-0.2, 0) is 11.3 Å². The summed E-state index contributed by atoms with van der Waals surface area (Å²) in [7, 11) is 1.65. The molecule has 3 rings (SSSR count). The number of ether oxygens (including phenoxy) is 1. The minimum Gasteiger partial charge on any atom is -0.497 e. The molecule has 7 nitrogen and oxygen atoms in total. The third kappa shape index (κ3) is 3.92. The number of nitrogens with one attached hydrogen (secondary N) is 1. The average Bonchev–Trinajstić information content (AvgIpc) is 2.67. The number of carbonyl (C=O) groups excluding carboxylic acids is 1. The van der Waals surface area contributed by atoms with Gasteiger partial charge in [0.15, 0.2) is 0 Å². The fourth-order valence-corrected chi connectivity index (χ4v) is 2.59. The van der Waals surface area contributed by atoms with Crippen LogP contribution in [0.5, 0.6) is 5.75 Å². The van der Waals surface area contributed by atoms with E-state index in [4.69, 9.17) is 4.74 Å². The molecule has 0 aliphatic carbocycles. The fourth-order valence-electron chi connectivity index (χ4n) is 2.59. The molecule has 7 heteroatoms. The second-order valence-electron chi connectivity index (χ2n) is 5.57. The van der Waals surface area contributed by atoms with Crippen molar-refractivity contribution in [1.29, 1.82) is 0 Å². The Kier molecular flexibility index (Phi) is 5.10. The van der Waals surface area contributed by atoms with Crippen LogP contribution in [-0.4, -0.2) is 54.6 Å². The van der Waals surface area contributed by atoms with E-state index < -0.39 is 0 Å². The highest BCUT2D eigenvalue weighted by Gasteiger charge is 2.17. The summed E-state index contributed by atoms with van der Waals surface area (Å²) >= 11 is 0. The van der Waals surface area contributed by atoms with E-state index in [0.717, 1.165) is 49.7 Å². The lowest BCUT2D eigenvalue weighted by Gasteiger charge is -2.33. The van der Waals surface area contributed by atoms with Gasteiger partial charge in [0.25, 0.3) is 0 Å². The monoisotopic (exact) mass is 327 g/mol. The van der Waals surface area contributed by atoms with E-state index in [9.17, 15) is 4.79 Å². The first-order valence-corrected chi connectivity index (χ1v) is 7.92. The number of rotatable bonds is 6. The molecule has 0 unspecified atom stereocenters. The number of benzene rings is 1. The Balaban J connectivity index is 1.59. The quantitative estimate of drug-likeness (QED) is 0.808. The highest BCUT2D eigenvalue weighted by molar-refractivity contribution is 5.49. The maximum Gasteiger partial charge on any atom is 0.224 e. The molecule has 0 atom stereocenters. The van der Waals surface area contributed by atoms with Crippen molar-refractivity contribution >= 4 is 18.2 Å². The molecule has 126 valence electrons. The normalized spacial score (nSPS) is 14.4. The van der Waals surface area contributed by atoms with Crippen LogP contribution in [0.2, 0.25) is 0 Å². The second-order valence-corrected chi connectivity index (χ2v) is 5.57. The van der Waals surface area contributed by atoms with Crippen molar-refractivity contribution in [2.45, 2.75) is 6.54 Å². The Morgan fingerprint density at radius 2 is 1.92 bits per heavy atom. The minimum absolute atomic E-state index is 0.598. The van der Waals surface area contributed by atoms with Crippen LogP contribution in [0.25, 0.3) is 0 Å². The summed E-state index contributed by atoms with van der Waals surface area (Å²) in [6.07, 6.45) is 2.66. The predicted octanol–water partition coefficient (Wildman–Crippen LogP) is 1.38. The van der Waals surface area contributed by atoms with Crippen LogP contribution in [0.3, 0.4) is 0 Å². The largest absolute Gasteiger partial charge is 0.497 e. The van der Waals surface area contributed by atoms with Gasteiger partial charge >= 0.3 is 0 Å². The van der Waals surface area contributed by atoms with Crippen LogP contribution >= 0.6 is 0 Å². The van der Waals surface area contributed by atoms with E-state index in [2.05, 4.69) is 20.2 Å². The lowest BCUT2D eigenvalue weighted by atomic mass is 10.2. The Hall–Kier alpha value is -2.83. The van der Waals surface area contributed by atoms with Crippen molar-refractivity contribution in [3.05, 3.63) is 42.1 Å². The number of hydrogen-bond donors (Lipinski definition) is 1. The first-order valence-electron chi connectivity index (χ1n) is 7.92. The first kappa shape index (κ1) is 16.0. The van der Waals surface area contributed by atoms with Gasteiger partial charge < -0.3 is 19.9 Å². The zero-order chi connectivity index (χ0) is 16.8. The number of nitrogens with zero attached hydrogens (tertiary/aromatic N) is 4. The zero-order valence-corrected chi connectivity index (χ0v) is 13.7. The number of hydrogen-bond acceptors (Lipinski definition) is 6. The van der Waals surface area contributed by atoms with E-state index >= 15 is 0 Å². The van der Waals surface area contributed by atoms with Crippen molar-refractivity contribution in [2.75, 3.05) is 43.5 Å². The standard InChI is InChI=1S/C17H21N5O2/c1-24-15-4-2-14(3-5-15)12-19-17-18-7-6-16(20-17)22-10-8-21(13-23)9-11-22/h2-7,13H,8-12H2,1H3,(H,18,19,20). The van der Waals surface area contributed by atoms with Gasteiger partial charge in [0.1, 0.15) is 11.6 Å². The number of piperazine rings is 1. The lowest BCUT2D eigenvalue weighted by Crippen LogP contribution is -2.46. The van der Waals surface area contributed by atoms with Gasteiger partial charge in [0, 0.05) is 38.9 Å². The van der Waals surface area contributed by atoms with E-state index in [-0.39, 0.29) is 0 Å². The molecule has 1 amide bonds. The fraction of sp³-hybridized carbons (Fsp3) is 0.353. The van der Waals surface area contributed by atoms with E-state index in [1.165, 1.54) is 0 Å². The summed E-state index contributed by atoms with van der Waals surface area (Å²) in [4.78, 5) is 23.6. The number of methoxy groups -OCH3 is 1. The third-order valence-corrected chi connectivity index (χ3v) is 4.04. The Labute approximate surface area is 141 Å². The second kappa shape index (κ2) is 7.63. The maximum atomic E-state index is 10.8. The Morgan fingerprint density at radius 3 is 2.58 bits per heavy atom. The van der Waals surface area contributed by atoms with Crippen molar-refractivity contribution in [1.82, 2.24) is 14.9 Å². The molecule has 1 aromatic heterocycles. The van der Waals surface area contributed by atoms with E-state index in [1.807, 2.05) is 30.3 Å². The molecule has 2 aromatic rings.